The summed E-state index contributed by atoms with van der Waals surface area (Å²) in [6.45, 7) is 6.37. The Morgan fingerprint density at radius 3 is 2.71 bits per heavy atom. The molecule has 0 radical (unpaired) electrons. The van der Waals surface area contributed by atoms with Crippen molar-refractivity contribution in [2.24, 2.45) is 5.41 Å². The van der Waals surface area contributed by atoms with E-state index in [0.29, 0.717) is 4.47 Å². The highest BCUT2D eigenvalue weighted by Gasteiger charge is 2.34. The van der Waals surface area contributed by atoms with Crippen LogP contribution in [0.5, 0.6) is 0 Å². The van der Waals surface area contributed by atoms with E-state index in [-0.39, 0.29) is 11.2 Å². The lowest BCUT2D eigenvalue weighted by molar-refractivity contribution is 0.0987. The van der Waals surface area contributed by atoms with Crippen LogP contribution in [0.15, 0.2) is 28.7 Å². The lowest BCUT2D eigenvalue weighted by Gasteiger charge is -2.34. The van der Waals surface area contributed by atoms with E-state index in [2.05, 4.69) is 34.3 Å². The molecular weight excluding hydrogens is 333 g/mol. The molecule has 0 amide bonds. The average molecular weight is 352 g/mol. The molecule has 2 aromatic rings. The lowest BCUT2D eigenvalue weighted by atomic mass is 9.75. The molecule has 3 rings (SSSR count). The van der Waals surface area contributed by atoms with E-state index < -0.39 is 6.10 Å². The number of hydrogen-bond donors (Lipinski definition) is 1. The zero-order chi connectivity index (χ0) is 15.4. The fourth-order valence-electron chi connectivity index (χ4n) is 3.33. The maximum atomic E-state index is 13.5. The summed E-state index contributed by atoms with van der Waals surface area (Å²) in [6, 6.07) is 7.08. The van der Waals surface area contributed by atoms with E-state index in [4.69, 9.17) is 0 Å². The molecule has 1 aliphatic carbocycles. The first kappa shape index (κ1) is 14.8. The van der Waals surface area contributed by atoms with Crippen LogP contribution in [0.2, 0.25) is 0 Å². The number of halogens is 2. The van der Waals surface area contributed by atoms with Crippen molar-refractivity contribution in [3.8, 4) is 5.69 Å². The van der Waals surface area contributed by atoms with Gasteiger partial charge in [0.05, 0.1) is 10.6 Å². The van der Waals surface area contributed by atoms with Crippen molar-refractivity contribution in [1.82, 2.24) is 4.57 Å². The van der Waals surface area contributed by atoms with Crippen LogP contribution in [0, 0.1) is 18.2 Å². The van der Waals surface area contributed by atoms with Gasteiger partial charge in [-0.25, -0.2) is 4.39 Å². The van der Waals surface area contributed by atoms with Crippen LogP contribution in [0.4, 0.5) is 4.39 Å². The molecule has 4 heteroatoms. The van der Waals surface area contributed by atoms with Gasteiger partial charge in [-0.05, 0) is 65.4 Å². The van der Waals surface area contributed by atoms with Crippen LogP contribution in [-0.2, 0) is 6.42 Å². The zero-order valence-corrected chi connectivity index (χ0v) is 14.0. The van der Waals surface area contributed by atoms with Gasteiger partial charge in [-0.1, -0.05) is 13.8 Å². The Morgan fingerprint density at radius 2 is 2.05 bits per heavy atom. The van der Waals surface area contributed by atoms with Gasteiger partial charge < -0.3 is 9.67 Å². The van der Waals surface area contributed by atoms with Crippen LogP contribution in [0.25, 0.3) is 5.69 Å². The molecule has 1 aromatic carbocycles. The minimum absolute atomic E-state index is 0.0617. The summed E-state index contributed by atoms with van der Waals surface area (Å²) >= 11 is 3.25. The molecule has 1 unspecified atom stereocenters. The van der Waals surface area contributed by atoms with Gasteiger partial charge in [0, 0.05) is 22.6 Å². The molecule has 0 saturated carbocycles. The summed E-state index contributed by atoms with van der Waals surface area (Å²) in [6.07, 6.45) is 1.26. The van der Waals surface area contributed by atoms with Gasteiger partial charge in [-0.2, -0.15) is 0 Å². The second-order valence-corrected chi connectivity index (χ2v) is 7.54. The van der Waals surface area contributed by atoms with Crippen molar-refractivity contribution in [3.05, 3.63) is 51.5 Å². The molecule has 1 atom stereocenters. The van der Waals surface area contributed by atoms with Crippen molar-refractivity contribution in [2.45, 2.75) is 39.7 Å². The molecule has 0 spiro atoms. The zero-order valence-electron chi connectivity index (χ0n) is 12.5. The number of aliphatic hydroxyl groups is 1. The third-order valence-electron chi connectivity index (χ3n) is 4.23. The maximum Gasteiger partial charge on any atom is 0.137 e. The monoisotopic (exact) mass is 351 g/mol. The Balaban J connectivity index is 2.18. The van der Waals surface area contributed by atoms with E-state index in [9.17, 15) is 9.50 Å². The quantitative estimate of drug-likeness (QED) is 0.791. The fraction of sp³-hybridized carbons (Fsp3) is 0.412. The SMILES string of the molecule is Cc1cc2c(n1-c1ccc(F)c(Br)c1)CC(C)(C)CC2O. The molecular formula is C17H19BrFNO. The van der Waals surface area contributed by atoms with Crippen LogP contribution in [-0.4, -0.2) is 9.67 Å². The van der Waals surface area contributed by atoms with E-state index >= 15 is 0 Å². The van der Waals surface area contributed by atoms with E-state index in [0.717, 1.165) is 35.5 Å². The van der Waals surface area contributed by atoms with Gasteiger partial charge in [0.15, 0.2) is 0 Å². The second kappa shape index (κ2) is 4.96. The molecule has 112 valence electrons. The van der Waals surface area contributed by atoms with Gasteiger partial charge in [-0.3, -0.25) is 0 Å². The molecule has 1 heterocycles. The van der Waals surface area contributed by atoms with Crippen molar-refractivity contribution < 1.29 is 9.50 Å². The average Bonchev–Trinajstić information content (AvgIpc) is 2.68. The number of fused-ring (bicyclic) bond motifs is 1. The lowest BCUT2D eigenvalue weighted by Crippen LogP contribution is -2.26. The number of aliphatic hydroxyl groups excluding tert-OH is 1. The maximum absolute atomic E-state index is 13.5. The first-order valence-corrected chi connectivity index (χ1v) is 7.92. The highest BCUT2D eigenvalue weighted by atomic mass is 79.9. The van der Waals surface area contributed by atoms with Crippen LogP contribution >= 0.6 is 15.9 Å². The van der Waals surface area contributed by atoms with Crippen molar-refractivity contribution in [3.63, 3.8) is 0 Å². The van der Waals surface area contributed by atoms with E-state index in [1.807, 2.05) is 13.0 Å². The van der Waals surface area contributed by atoms with Crippen molar-refractivity contribution >= 4 is 15.9 Å². The summed E-state index contributed by atoms with van der Waals surface area (Å²) in [7, 11) is 0. The Labute approximate surface area is 132 Å². The third-order valence-corrected chi connectivity index (χ3v) is 4.84. The normalized spacial score (nSPS) is 20.4. The molecule has 0 aliphatic heterocycles. The topological polar surface area (TPSA) is 25.2 Å². The molecule has 2 nitrogen and oxygen atoms in total. The van der Waals surface area contributed by atoms with Gasteiger partial charge in [-0.15, -0.1) is 0 Å². The molecule has 1 aromatic heterocycles. The summed E-state index contributed by atoms with van der Waals surface area (Å²) in [5.41, 5.74) is 4.19. The fourth-order valence-corrected chi connectivity index (χ4v) is 3.69. The predicted octanol–water partition coefficient (Wildman–Crippen LogP) is 4.69. The summed E-state index contributed by atoms with van der Waals surface area (Å²) in [4.78, 5) is 0. The highest BCUT2D eigenvalue weighted by molar-refractivity contribution is 9.10. The summed E-state index contributed by atoms with van der Waals surface area (Å²) in [5.74, 6) is -0.266. The molecule has 21 heavy (non-hydrogen) atoms. The minimum Gasteiger partial charge on any atom is -0.388 e. The Hall–Kier alpha value is -1.13. The van der Waals surface area contributed by atoms with Gasteiger partial charge in [0.25, 0.3) is 0 Å². The van der Waals surface area contributed by atoms with Crippen molar-refractivity contribution in [1.29, 1.82) is 0 Å². The van der Waals surface area contributed by atoms with Crippen molar-refractivity contribution in [2.75, 3.05) is 0 Å². The smallest absolute Gasteiger partial charge is 0.137 e. The number of rotatable bonds is 1. The Bertz CT molecular complexity index is 705. The van der Waals surface area contributed by atoms with E-state index in [1.165, 1.54) is 6.07 Å². The molecule has 1 N–H and O–H groups in total. The Kier molecular flexibility index (Phi) is 3.49. The number of benzene rings is 1. The standard InChI is InChI=1S/C17H19BrFNO/c1-10-6-12-15(8-17(2,3)9-16(12)21)20(10)11-4-5-14(19)13(18)7-11/h4-7,16,21H,8-9H2,1-3H3. The second-order valence-electron chi connectivity index (χ2n) is 6.68. The predicted molar refractivity (Wildman–Crippen MR) is 85.2 cm³/mol. The molecule has 1 aliphatic rings. The first-order chi connectivity index (χ1) is 9.78. The number of hydrogen-bond acceptors (Lipinski definition) is 1. The summed E-state index contributed by atoms with van der Waals surface area (Å²) < 4.78 is 16.1. The molecule has 0 bridgehead atoms. The minimum atomic E-state index is -0.424. The van der Waals surface area contributed by atoms with Gasteiger partial charge >= 0.3 is 0 Å². The molecule has 0 saturated heterocycles. The van der Waals surface area contributed by atoms with Crippen LogP contribution < -0.4 is 0 Å². The van der Waals surface area contributed by atoms with E-state index in [1.54, 1.807) is 12.1 Å². The number of nitrogens with zero attached hydrogens (tertiary/aromatic N) is 1. The largest absolute Gasteiger partial charge is 0.388 e. The number of aryl methyl sites for hydroxylation is 1. The highest BCUT2D eigenvalue weighted by Crippen LogP contribution is 2.43. The van der Waals surface area contributed by atoms with Crippen LogP contribution in [0.3, 0.4) is 0 Å². The third kappa shape index (κ3) is 2.55. The molecule has 0 fully saturated rings. The number of aromatic nitrogens is 1. The summed E-state index contributed by atoms with van der Waals surface area (Å²) in [5, 5.41) is 10.4. The first-order valence-electron chi connectivity index (χ1n) is 7.13. The van der Waals surface area contributed by atoms with Gasteiger partial charge in [0.2, 0.25) is 0 Å². The van der Waals surface area contributed by atoms with Gasteiger partial charge in [0.1, 0.15) is 5.82 Å². The Morgan fingerprint density at radius 1 is 1.33 bits per heavy atom. The van der Waals surface area contributed by atoms with Crippen LogP contribution in [0.1, 0.15) is 43.3 Å².